The van der Waals surface area contributed by atoms with Crippen LogP contribution in [0.3, 0.4) is 0 Å². The maximum atomic E-state index is 3.76. The third-order valence-electron chi connectivity index (χ3n) is 9.81. The van der Waals surface area contributed by atoms with E-state index in [1.54, 1.807) is 0 Å². The third kappa shape index (κ3) is 3.66. The van der Waals surface area contributed by atoms with Gasteiger partial charge in [-0.3, -0.25) is 0 Å². The van der Waals surface area contributed by atoms with Crippen LogP contribution in [0.25, 0.3) is 77.1 Å². The van der Waals surface area contributed by atoms with Crippen LogP contribution in [0, 0.1) is 0 Å². The summed E-state index contributed by atoms with van der Waals surface area (Å²) in [5.41, 5.74) is 15.3. The Labute approximate surface area is 257 Å². The van der Waals surface area contributed by atoms with E-state index < -0.39 is 0 Å². The van der Waals surface area contributed by atoms with E-state index in [-0.39, 0.29) is 5.41 Å². The number of hydrogen-bond donors (Lipinski definition) is 1. The van der Waals surface area contributed by atoms with Crippen LogP contribution in [0.15, 0.2) is 146 Å². The van der Waals surface area contributed by atoms with Crippen molar-refractivity contribution in [3.63, 3.8) is 0 Å². The first-order valence-electron chi connectivity index (χ1n) is 15.4. The maximum absolute atomic E-state index is 3.76. The minimum Gasteiger partial charge on any atom is -0.354 e. The molecule has 0 saturated carbocycles. The van der Waals surface area contributed by atoms with E-state index in [2.05, 4.69) is 164 Å². The molecule has 0 radical (unpaired) electrons. The highest BCUT2D eigenvalue weighted by molar-refractivity contribution is 6.22. The SMILES string of the molecule is CC1(C)c2ccccc2-c2cc(-c3cccc(-c4cccc(-c5cccc6c5[nH]c5ccc7ccccc7c56)c4)c3)ccc21. The summed E-state index contributed by atoms with van der Waals surface area (Å²) in [6.07, 6.45) is 0. The number of fused-ring (bicyclic) bond motifs is 8. The van der Waals surface area contributed by atoms with Crippen LogP contribution in [0.4, 0.5) is 0 Å². The number of nitrogens with one attached hydrogen (secondary N) is 1. The molecule has 0 atom stereocenters. The topological polar surface area (TPSA) is 15.8 Å². The number of para-hydroxylation sites is 1. The fraction of sp³-hybridized carbons (Fsp3) is 0.0698. The molecule has 208 valence electrons. The van der Waals surface area contributed by atoms with Crippen LogP contribution in [0.1, 0.15) is 25.0 Å². The molecule has 0 aliphatic heterocycles. The van der Waals surface area contributed by atoms with Gasteiger partial charge in [0.1, 0.15) is 0 Å². The van der Waals surface area contributed by atoms with E-state index in [1.807, 2.05) is 0 Å². The van der Waals surface area contributed by atoms with Crippen LogP contribution in [0.5, 0.6) is 0 Å². The monoisotopic (exact) mass is 561 g/mol. The average molecular weight is 562 g/mol. The summed E-state index contributed by atoms with van der Waals surface area (Å²) in [4.78, 5) is 3.76. The molecule has 0 fully saturated rings. The number of aromatic nitrogens is 1. The second-order valence-corrected chi connectivity index (χ2v) is 12.7. The van der Waals surface area contributed by atoms with Gasteiger partial charge in [0.2, 0.25) is 0 Å². The number of hydrogen-bond acceptors (Lipinski definition) is 0. The Morgan fingerprint density at radius 3 is 1.89 bits per heavy atom. The Hall–Kier alpha value is -5.40. The predicted octanol–water partition coefficient (Wildman–Crippen LogP) is 11.8. The zero-order chi connectivity index (χ0) is 29.4. The quantitative estimate of drug-likeness (QED) is 0.221. The lowest BCUT2D eigenvalue weighted by atomic mass is 9.82. The number of aromatic amines is 1. The molecule has 0 unspecified atom stereocenters. The first-order valence-corrected chi connectivity index (χ1v) is 15.4. The molecule has 44 heavy (non-hydrogen) atoms. The van der Waals surface area contributed by atoms with Crippen molar-refractivity contribution in [1.82, 2.24) is 4.98 Å². The minimum absolute atomic E-state index is 0.0215. The summed E-state index contributed by atoms with van der Waals surface area (Å²) < 4.78 is 0. The lowest BCUT2D eigenvalue weighted by molar-refractivity contribution is 0.660. The lowest BCUT2D eigenvalue weighted by Crippen LogP contribution is -2.14. The smallest absolute Gasteiger partial charge is 0.0544 e. The molecule has 8 aromatic rings. The van der Waals surface area contributed by atoms with E-state index >= 15 is 0 Å². The zero-order valence-electron chi connectivity index (χ0n) is 24.9. The van der Waals surface area contributed by atoms with E-state index in [9.17, 15) is 0 Å². The van der Waals surface area contributed by atoms with Crippen molar-refractivity contribution in [3.8, 4) is 44.5 Å². The highest BCUT2D eigenvalue weighted by Gasteiger charge is 2.35. The molecular formula is C43H31N. The first kappa shape index (κ1) is 25.1. The van der Waals surface area contributed by atoms with Gasteiger partial charge in [-0.05, 0) is 85.1 Å². The average Bonchev–Trinajstić information content (AvgIpc) is 3.57. The van der Waals surface area contributed by atoms with Crippen LogP contribution in [0.2, 0.25) is 0 Å². The van der Waals surface area contributed by atoms with E-state index in [0.29, 0.717) is 0 Å². The normalized spacial score (nSPS) is 13.4. The van der Waals surface area contributed by atoms with Crippen molar-refractivity contribution >= 4 is 32.6 Å². The fourth-order valence-electron chi connectivity index (χ4n) is 7.58. The summed E-state index contributed by atoms with van der Waals surface area (Å²) >= 11 is 0. The Morgan fingerprint density at radius 1 is 0.432 bits per heavy atom. The van der Waals surface area contributed by atoms with Gasteiger partial charge in [0, 0.05) is 27.3 Å². The Balaban J connectivity index is 1.13. The van der Waals surface area contributed by atoms with Gasteiger partial charge in [-0.25, -0.2) is 0 Å². The van der Waals surface area contributed by atoms with Crippen molar-refractivity contribution in [1.29, 1.82) is 0 Å². The summed E-state index contributed by atoms with van der Waals surface area (Å²) in [5, 5.41) is 5.12. The van der Waals surface area contributed by atoms with E-state index in [1.165, 1.54) is 88.2 Å². The van der Waals surface area contributed by atoms with Crippen LogP contribution >= 0.6 is 0 Å². The van der Waals surface area contributed by atoms with Crippen molar-refractivity contribution in [2.45, 2.75) is 19.3 Å². The summed E-state index contributed by atoms with van der Waals surface area (Å²) in [6, 6.07) is 53.6. The molecule has 0 bridgehead atoms. The molecule has 9 rings (SSSR count). The van der Waals surface area contributed by atoms with E-state index in [0.717, 1.165) is 0 Å². The van der Waals surface area contributed by atoms with E-state index in [4.69, 9.17) is 0 Å². The Morgan fingerprint density at radius 2 is 1.05 bits per heavy atom. The molecule has 1 nitrogen and oxygen atoms in total. The van der Waals surface area contributed by atoms with Gasteiger partial charge in [0.05, 0.1) is 5.52 Å². The molecular weight excluding hydrogens is 530 g/mol. The van der Waals surface area contributed by atoms with Crippen LogP contribution in [-0.4, -0.2) is 4.98 Å². The molecule has 0 saturated heterocycles. The van der Waals surface area contributed by atoms with Gasteiger partial charge in [0.15, 0.2) is 0 Å². The Kier molecular flexibility index (Phi) is 5.31. The van der Waals surface area contributed by atoms with Gasteiger partial charge in [-0.2, -0.15) is 0 Å². The summed E-state index contributed by atoms with van der Waals surface area (Å²) in [6.45, 7) is 4.67. The minimum atomic E-state index is 0.0215. The molecule has 0 amide bonds. The summed E-state index contributed by atoms with van der Waals surface area (Å²) in [5.74, 6) is 0. The Bertz CT molecular complexity index is 2420. The first-order chi connectivity index (χ1) is 21.6. The number of H-pyrrole nitrogens is 1. The molecule has 1 N–H and O–H groups in total. The number of rotatable bonds is 3. The van der Waals surface area contributed by atoms with Gasteiger partial charge >= 0.3 is 0 Å². The third-order valence-corrected chi connectivity index (χ3v) is 9.81. The zero-order valence-corrected chi connectivity index (χ0v) is 24.9. The van der Waals surface area contributed by atoms with Gasteiger partial charge in [-0.1, -0.05) is 135 Å². The molecule has 1 aliphatic rings. The second kappa shape index (κ2) is 9.30. The standard InChI is InChI=1S/C43H31N/c1-43(2)38-19-6-5-16-35(38)37-26-31(20-22-39(37)43)29-12-7-11-28(24-29)30-13-8-14-32(25-30)34-17-9-18-36-41-33-15-4-3-10-27(33)21-23-40(41)44-42(34)36/h3-26,44H,1-2H3. The van der Waals surface area contributed by atoms with Gasteiger partial charge < -0.3 is 4.98 Å². The maximum Gasteiger partial charge on any atom is 0.0544 e. The highest BCUT2D eigenvalue weighted by atomic mass is 14.7. The summed E-state index contributed by atoms with van der Waals surface area (Å²) in [7, 11) is 0. The molecule has 1 aromatic heterocycles. The molecule has 7 aromatic carbocycles. The fourth-order valence-corrected chi connectivity index (χ4v) is 7.58. The largest absolute Gasteiger partial charge is 0.354 e. The van der Waals surface area contributed by atoms with Crippen molar-refractivity contribution in [2.75, 3.05) is 0 Å². The van der Waals surface area contributed by atoms with Crippen LogP contribution < -0.4 is 0 Å². The van der Waals surface area contributed by atoms with Crippen molar-refractivity contribution < 1.29 is 0 Å². The van der Waals surface area contributed by atoms with Crippen molar-refractivity contribution in [3.05, 3.63) is 157 Å². The molecule has 0 spiro atoms. The van der Waals surface area contributed by atoms with Crippen LogP contribution in [-0.2, 0) is 5.41 Å². The lowest BCUT2D eigenvalue weighted by Gasteiger charge is -2.21. The second-order valence-electron chi connectivity index (χ2n) is 12.7. The van der Waals surface area contributed by atoms with Gasteiger partial charge in [0.25, 0.3) is 0 Å². The van der Waals surface area contributed by atoms with Gasteiger partial charge in [-0.15, -0.1) is 0 Å². The molecule has 1 heterocycles. The molecule has 1 heteroatoms. The molecule has 1 aliphatic carbocycles. The van der Waals surface area contributed by atoms with Crippen molar-refractivity contribution in [2.24, 2.45) is 0 Å². The number of benzene rings is 7. The highest BCUT2D eigenvalue weighted by Crippen LogP contribution is 2.49. The predicted molar refractivity (Wildman–Crippen MR) is 187 cm³/mol.